The van der Waals surface area contributed by atoms with Crippen LogP contribution in [0.1, 0.15) is 18.1 Å². The molecule has 0 fully saturated rings. The zero-order chi connectivity index (χ0) is 14.4. The first-order valence-corrected chi connectivity index (χ1v) is 6.02. The lowest BCUT2D eigenvalue weighted by Crippen LogP contribution is -2.39. The number of hydrogen-bond donors (Lipinski definition) is 1. The van der Waals surface area contributed by atoms with E-state index in [1.54, 1.807) is 33.3 Å². The Kier molecular flexibility index (Phi) is 5.88. The summed E-state index contributed by atoms with van der Waals surface area (Å²) in [6, 6.07) is 5.19. The van der Waals surface area contributed by atoms with Gasteiger partial charge in [0, 0.05) is 32.4 Å². The third-order valence-electron chi connectivity index (χ3n) is 2.97. The minimum Gasteiger partial charge on any atom is -0.354 e. The zero-order valence-electron chi connectivity index (χ0n) is 11.7. The van der Waals surface area contributed by atoms with Crippen LogP contribution in [0.25, 0.3) is 0 Å². The van der Waals surface area contributed by atoms with Crippen molar-refractivity contribution in [3.05, 3.63) is 39.4 Å². The van der Waals surface area contributed by atoms with Gasteiger partial charge in [-0.25, -0.2) is 0 Å². The van der Waals surface area contributed by atoms with E-state index in [1.807, 2.05) is 13.0 Å². The molecule has 1 aromatic carbocycles. The van der Waals surface area contributed by atoms with Gasteiger partial charge in [0.1, 0.15) is 0 Å². The summed E-state index contributed by atoms with van der Waals surface area (Å²) in [5.74, 6) is 0. The van der Waals surface area contributed by atoms with Crippen molar-refractivity contribution in [2.24, 2.45) is 0 Å². The third kappa shape index (κ3) is 4.27. The van der Waals surface area contributed by atoms with E-state index in [1.165, 1.54) is 0 Å². The predicted molar refractivity (Wildman–Crippen MR) is 71.9 cm³/mol. The van der Waals surface area contributed by atoms with Crippen LogP contribution in [0.5, 0.6) is 0 Å². The topological polar surface area (TPSA) is 73.6 Å². The Morgan fingerprint density at radius 1 is 1.37 bits per heavy atom. The first kappa shape index (κ1) is 15.6. The van der Waals surface area contributed by atoms with Crippen LogP contribution < -0.4 is 5.32 Å². The largest absolute Gasteiger partial charge is 0.354 e. The summed E-state index contributed by atoms with van der Waals surface area (Å²) in [6.07, 6.45) is -0.347. The van der Waals surface area contributed by atoms with Crippen LogP contribution in [-0.4, -0.2) is 31.5 Å². The fraction of sp³-hybridized carbons (Fsp3) is 0.538. The minimum atomic E-state index is -0.366. The number of benzene rings is 1. The van der Waals surface area contributed by atoms with Gasteiger partial charge in [-0.1, -0.05) is 12.1 Å². The lowest BCUT2D eigenvalue weighted by atomic mass is 10.1. The van der Waals surface area contributed by atoms with E-state index in [-0.39, 0.29) is 22.9 Å². The molecule has 6 nitrogen and oxygen atoms in total. The van der Waals surface area contributed by atoms with Crippen LogP contribution in [-0.2, 0) is 16.0 Å². The van der Waals surface area contributed by atoms with Crippen molar-refractivity contribution in [1.82, 2.24) is 5.32 Å². The number of nitro groups is 1. The Morgan fingerprint density at radius 3 is 2.53 bits per heavy atom. The number of aryl methyl sites for hydroxylation is 1. The quantitative estimate of drug-likeness (QED) is 0.465. The second-order valence-electron chi connectivity index (χ2n) is 4.39. The number of nitrogens with zero attached hydrogens (tertiary/aromatic N) is 1. The van der Waals surface area contributed by atoms with Crippen LogP contribution in [0, 0.1) is 17.0 Å². The normalized spacial score (nSPS) is 12.7. The smallest absolute Gasteiger partial charge is 0.272 e. The molecule has 1 atom stereocenters. The lowest BCUT2D eigenvalue weighted by molar-refractivity contribution is -0.385. The Morgan fingerprint density at radius 2 is 2.00 bits per heavy atom. The summed E-state index contributed by atoms with van der Waals surface area (Å²) < 4.78 is 10.3. The first-order valence-electron chi connectivity index (χ1n) is 6.02. The van der Waals surface area contributed by atoms with E-state index in [2.05, 4.69) is 5.32 Å². The fourth-order valence-corrected chi connectivity index (χ4v) is 1.84. The molecule has 0 saturated carbocycles. The summed E-state index contributed by atoms with van der Waals surface area (Å²) in [7, 11) is 3.14. The van der Waals surface area contributed by atoms with Gasteiger partial charge in [-0.3, -0.25) is 10.1 Å². The second-order valence-corrected chi connectivity index (χ2v) is 4.39. The van der Waals surface area contributed by atoms with E-state index in [9.17, 15) is 10.1 Å². The molecule has 0 heterocycles. The van der Waals surface area contributed by atoms with E-state index in [4.69, 9.17) is 9.47 Å². The van der Waals surface area contributed by atoms with Crippen molar-refractivity contribution >= 4 is 5.69 Å². The summed E-state index contributed by atoms with van der Waals surface area (Å²) >= 11 is 0. The average molecular weight is 268 g/mol. The molecule has 1 N–H and O–H groups in total. The number of ether oxygens (including phenoxy) is 2. The average Bonchev–Trinajstić information content (AvgIpc) is 2.38. The molecule has 6 heteroatoms. The van der Waals surface area contributed by atoms with Gasteiger partial charge in [0.2, 0.25) is 0 Å². The molecule has 1 rings (SSSR count). The Balaban J connectivity index is 2.68. The minimum absolute atomic E-state index is 0.0182. The molecule has 0 amide bonds. The van der Waals surface area contributed by atoms with E-state index < -0.39 is 0 Å². The van der Waals surface area contributed by atoms with Gasteiger partial charge in [-0.2, -0.15) is 0 Å². The highest BCUT2D eigenvalue weighted by Crippen LogP contribution is 2.19. The summed E-state index contributed by atoms with van der Waals surface area (Å²) in [5, 5.41) is 14.1. The standard InChI is InChI=1S/C13H20N2O4/c1-9-5-6-11(7-12(9)15(16)17)8-14-10(2)13(18-3)19-4/h5-7,10,13-14H,8H2,1-4H3. The van der Waals surface area contributed by atoms with Gasteiger partial charge in [-0.05, 0) is 19.4 Å². The molecule has 0 aliphatic heterocycles. The van der Waals surface area contributed by atoms with Gasteiger partial charge < -0.3 is 14.8 Å². The number of nitro benzene ring substituents is 1. The number of rotatable bonds is 7. The monoisotopic (exact) mass is 268 g/mol. The van der Waals surface area contributed by atoms with Crippen LogP contribution >= 0.6 is 0 Å². The van der Waals surface area contributed by atoms with Gasteiger partial charge in [0.15, 0.2) is 6.29 Å². The molecular formula is C13H20N2O4. The van der Waals surface area contributed by atoms with Crippen LogP contribution in [0.3, 0.4) is 0 Å². The van der Waals surface area contributed by atoms with Gasteiger partial charge in [0.25, 0.3) is 5.69 Å². The summed E-state index contributed by atoms with van der Waals surface area (Å²) in [5.41, 5.74) is 1.66. The van der Waals surface area contributed by atoms with Crippen LogP contribution in [0.4, 0.5) is 5.69 Å². The summed E-state index contributed by atoms with van der Waals surface area (Å²) in [4.78, 5) is 10.5. The number of methoxy groups -OCH3 is 2. The molecule has 19 heavy (non-hydrogen) atoms. The van der Waals surface area contributed by atoms with Crippen LogP contribution in [0.15, 0.2) is 18.2 Å². The van der Waals surface area contributed by atoms with Crippen molar-refractivity contribution in [3.8, 4) is 0 Å². The SMILES string of the molecule is COC(OC)C(C)NCc1ccc(C)c([N+](=O)[O-])c1. The molecule has 0 aliphatic rings. The molecule has 0 aromatic heterocycles. The third-order valence-corrected chi connectivity index (χ3v) is 2.97. The predicted octanol–water partition coefficient (Wildman–Crippen LogP) is 2.00. The molecule has 0 spiro atoms. The Hall–Kier alpha value is -1.50. The highest BCUT2D eigenvalue weighted by molar-refractivity contribution is 5.42. The van der Waals surface area contributed by atoms with E-state index >= 15 is 0 Å². The lowest BCUT2D eigenvalue weighted by Gasteiger charge is -2.22. The van der Waals surface area contributed by atoms with Gasteiger partial charge in [-0.15, -0.1) is 0 Å². The maximum absolute atomic E-state index is 10.9. The summed E-state index contributed by atoms with van der Waals surface area (Å²) in [6.45, 7) is 4.18. The molecular weight excluding hydrogens is 248 g/mol. The first-order chi connectivity index (χ1) is 8.99. The second kappa shape index (κ2) is 7.18. The van der Waals surface area contributed by atoms with Crippen molar-refractivity contribution in [2.45, 2.75) is 32.7 Å². The van der Waals surface area contributed by atoms with E-state index in [0.717, 1.165) is 5.56 Å². The van der Waals surface area contributed by atoms with Crippen molar-refractivity contribution in [2.75, 3.05) is 14.2 Å². The molecule has 0 radical (unpaired) electrons. The fourth-order valence-electron chi connectivity index (χ4n) is 1.84. The highest BCUT2D eigenvalue weighted by Gasteiger charge is 2.16. The van der Waals surface area contributed by atoms with Crippen LogP contribution in [0.2, 0.25) is 0 Å². The van der Waals surface area contributed by atoms with Gasteiger partial charge in [0.05, 0.1) is 11.0 Å². The van der Waals surface area contributed by atoms with Crippen molar-refractivity contribution < 1.29 is 14.4 Å². The molecule has 0 aliphatic carbocycles. The zero-order valence-corrected chi connectivity index (χ0v) is 11.7. The highest BCUT2D eigenvalue weighted by atomic mass is 16.7. The Bertz CT molecular complexity index is 433. The molecule has 0 bridgehead atoms. The number of nitrogens with one attached hydrogen (secondary N) is 1. The number of hydrogen-bond acceptors (Lipinski definition) is 5. The van der Waals surface area contributed by atoms with Crippen molar-refractivity contribution in [3.63, 3.8) is 0 Å². The maximum atomic E-state index is 10.9. The van der Waals surface area contributed by atoms with E-state index in [0.29, 0.717) is 12.1 Å². The molecule has 1 aromatic rings. The Labute approximate surface area is 112 Å². The molecule has 0 saturated heterocycles. The maximum Gasteiger partial charge on any atom is 0.272 e. The van der Waals surface area contributed by atoms with Crippen molar-refractivity contribution in [1.29, 1.82) is 0 Å². The van der Waals surface area contributed by atoms with Gasteiger partial charge >= 0.3 is 0 Å². The molecule has 1 unspecified atom stereocenters. The molecule has 106 valence electrons.